The number of fused-ring (bicyclic) bond motifs is 6. The Morgan fingerprint density at radius 3 is 1.93 bits per heavy atom. The minimum atomic E-state index is 0.717. The van der Waals surface area contributed by atoms with Crippen LogP contribution in [-0.2, 0) is 0 Å². The quantitative estimate of drug-likeness (QED) is 0.200. The molecule has 0 bridgehead atoms. The Balaban J connectivity index is 1.42. The van der Waals surface area contributed by atoms with Gasteiger partial charge >= 0.3 is 0 Å². The van der Waals surface area contributed by atoms with E-state index < -0.39 is 0 Å². The molecule has 0 unspecified atom stereocenters. The lowest BCUT2D eigenvalue weighted by molar-refractivity contribution is 1.18. The van der Waals surface area contributed by atoms with E-state index in [1.807, 2.05) is 0 Å². The summed E-state index contributed by atoms with van der Waals surface area (Å²) >= 11 is 6.90. The average molecular weight is 530 g/mol. The van der Waals surface area contributed by atoms with Crippen LogP contribution in [0.5, 0.6) is 0 Å². The number of nitrogens with zero attached hydrogens (tertiary/aromatic N) is 1. The van der Waals surface area contributed by atoms with Gasteiger partial charge in [-0.3, -0.25) is 0 Å². The van der Waals surface area contributed by atoms with Crippen molar-refractivity contribution in [1.29, 1.82) is 0 Å². The molecule has 2 heteroatoms. The molecule has 40 heavy (non-hydrogen) atoms. The molecule has 0 spiro atoms. The molecule has 1 heterocycles. The highest BCUT2D eigenvalue weighted by molar-refractivity contribution is 6.31. The predicted octanol–water partition coefficient (Wildman–Crippen LogP) is 11.1. The van der Waals surface area contributed by atoms with Gasteiger partial charge in [0.25, 0.3) is 0 Å². The molecule has 0 saturated heterocycles. The van der Waals surface area contributed by atoms with Gasteiger partial charge in [-0.15, -0.1) is 0 Å². The Hall–Kier alpha value is -4.85. The normalized spacial score (nSPS) is 11.6. The third-order valence-corrected chi connectivity index (χ3v) is 8.22. The van der Waals surface area contributed by atoms with Gasteiger partial charge in [-0.25, -0.2) is 0 Å². The van der Waals surface area contributed by atoms with E-state index in [0.717, 1.165) is 16.3 Å². The van der Waals surface area contributed by atoms with Gasteiger partial charge in [0, 0.05) is 21.5 Å². The van der Waals surface area contributed by atoms with E-state index in [9.17, 15) is 0 Å². The molecule has 0 N–H and O–H groups in total. The van der Waals surface area contributed by atoms with Crippen molar-refractivity contribution in [1.82, 2.24) is 4.57 Å². The summed E-state index contributed by atoms with van der Waals surface area (Å²) in [5.41, 5.74) is 8.07. The second-order valence-electron chi connectivity index (χ2n) is 10.3. The fraction of sp³-hybridized carbons (Fsp3) is 0. The van der Waals surface area contributed by atoms with Gasteiger partial charge in [0.15, 0.2) is 0 Å². The van der Waals surface area contributed by atoms with Crippen molar-refractivity contribution in [2.75, 3.05) is 0 Å². The largest absolute Gasteiger partial charge is 0.309 e. The van der Waals surface area contributed by atoms with E-state index in [1.165, 1.54) is 60.0 Å². The molecule has 0 fully saturated rings. The Bertz CT molecular complexity index is 2220. The van der Waals surface area contributed by atoms with E-state index >= 15 is 0 Å². The van der Waals surface area contributed by atoms with Gasteiger partial charge in [-0.05, 0) is 80.2 Å². The molecule has 8 aromatic rings. The summed E-state index contributed by atoms with van der Waals surface area (Å²) in [4.78, 5) is 0. The van der Waals surface area contributed by atoms with E-state index in [1.54, 1.807) is 0 Å². The average Bonchev–Trinajstić information content (AvgIpc) is 3.34. The molecule has 188 valence electrons. The zero-order chi connectivity index (χ0) is 26.6. The lowest BCUT2D eigenvalue weighted by Crippen LogP contribution is -1.95. The first-order chi connectivity index (χ1) is 19.7. The number of halogens is 1. The van der Waals surface area contributed by atoms with Crippen molar-refractivity contribution >= 4 is 55.0 Å². The monoisotopic (exact) mass is 529 g/mol. The highest BCUT2D eigenvalue weighted by Gasteiger charge is 2.16. The van der Waals surface area contributed by atoms with Crippen LogP contribution in [0.25, 0.3) is 71.3 Å². The molecule has 0 aliphatic rings. The molecule has 0 saturated carbocycles. The van der Waals surface area contributed by atoms with Crippen molar-refractivity contribution in [2.24, 2.45) is 0 Å². The summed E-state index contributed by atoms with van der Waals surface area (Å²) in [6.45, 7) is 0. The summed E-state index contributed by atoms with van der Waals surface area (Å²) in [6.07, 6.45) is 0. The maximum Gasteiger partial charge on any atom is 0.0547 e. The van der Waals surface area contributed by atoms with Gasteiger partial charge in [0.2, 0.25) is 0 Å². The number of benzene rings is 7. The van der Waals surface area contributed by atoms with Gasteiger partial charge in [-0.1, -0.05) is 121 Å². The van der Waals surface area contributed by atoms with Crippen LogP contribution in [0.4, 0.5) is 0 Å². The van der Waals surface area contributed by atoms with Crippen LogP contribution in [0.3, 0.4) is 0 Å². The Labute approximate surface area is 237 Å². The SMILES string of the molecule is Clc1cc(-c2cc3ccccc3c3ccccc23)cc(-n2c3ccccc3c3ccc(-c4ccccc4)cc32)c1. The third kappa shape index (κ3) is 3.63. The number of hydrogen-bond acceptors (Lipinski definition) is 0. The smallest absolute Gasteiger partial charge is 0.0547 e. The van der Waals surface area contributed by atoms with Crippen LogP contribution < -0.4 is 0 Å². The zero-order valence-corrected chi connectivity index (χ0v) is 22.4. The van der Waals surface area contributed by atoms with Gasteiger partial charge in [0.05, 0.1) is 11.0 Å². The van der Waals surface area contributed by atoms with E-state index in [-0.39, 0.29) is 0 Å². The second kappa shape index (κ2) is 9.12. The third-order valence-electron chi connectivity index (χ3n) is 8.00. The standard InChI is InChI=1S/C38H24ClN/c39-29-20-28(36-22-27-12-4-5-13-31(27)32-14-6-7-15-33(32)36)21-30(24-29)40-37-17-9-8-16-34(37)35-19-18-26(23-38(35)40)25-10-2-1-3-11-25/h1-24H. The second-order valence-corrected chi connectivity index (χ2v) is 10.8. The van der Waals surface area contributed by atoms with E-state index in [2.05, 4.69) is 150 Å². The lowest BCUT2D eigenvalue weighted by Gasteiger charge is -2.15. The number of aromatic nitrogens is 1. The van der Waals surface area contributed by atoms with E-state index in [4.69, 9.17) is 11.6 Å². The minimum Gasteiger partial charge on any atom is -0.309 e. The first-order valence-corrected chi connectivity index (χ1v) is 13.9. The molecule has 7 aromatic carbocycles. The van der Waals surface area contributed by atoms with Crippen molar-refractivity contribution in [3.05, 3.63) is 151 Å². The molecular formula is C38H24ClN. The van der Waals surface area contributed by atoms with Crippen molar-refractivity contribution in [2.45, 2.75) is 0 Å². The highest BCUT2D eigenvalue weighted by Crippen LogP contribution is 2.39. The Morgan fingerprint density at radius 1 is 0.400 bits per heavy atom. The summed E-state index contributed by atoms with van der Waals surface area (Å²) in [5.74, 6) is 0. The minimum absolute atomic E-state index is 0.717. The predicted molar refractivity (Wildman–Crippen MR) is 172 cm³/mol. The molecule has 0 aliphatic carbocycles. The molecule has 0 aliphatic heterocycles. The van der Waals surface area contributed by atoms with E-state index in [0.29, 0.717) is 0 Å². The highest BCUT2D eigenvalue weighted by atomic mass is 35.5. The van der Waals surface area contributed by atoms with Crippen LogP contribution in [0.2, 0.25) is 5.02 Å². The summed E-state index contributed by atoms with van der Waals surface area (Å²) in [7, 11) is 0. The summed E-state index contributed by atoms with van der Waals surface area (Å²) < 4.78 is 2.36. The fourth-order valence-corrected chi connectivity index (χ4v) is 6.44. The van der Waals surface area contributed by atoms with Gasteiger partial charge in [-0.2, -0.15) is 0 Å². The van der Waals surface area contributed by atoms with Crippen LogP contribution in [0.1, 0.15) is 0 Å². The van der Waals surface area contributed by atoms with Crippen molar-refractivity contribution < 1.29 is 0 Å². The number of hydrogen-bond donors (Lipinski definition) is 0. The van der Waals surface area contributed by atoms with Crippen LogP contribution in [-0.4, -0.2) is 4.57 Å². The van der Waals surface area contributed by atoms with Crippen LogP contribution >= 0.6 is 11.6 Å². The van der Waals surface area contributed by atoms with Crippen LogP contribution in [0, 0.1) is 0 Å². The van der Waals surface area contributed by atoms with Crippen molar-refractivity contribution in [3.63, 3.8) is 0 Å². The molecule has 0 radical (unpaired) electrons. The number of para-hydroxylation sites is 1. The molecule has 1 nitrogen and oxygen atoms in total. The van der Waals surface area contributed by atoms with Gasteiger partial charge < -0.3 is 4.57 Å². The Kier molecular flexibility index (Phi) is 5.26. The van der Waals surface area contributed by atoms with Crippen LogP contribution in [0.15, 0.2) is 146 Å². The number of rotatable bonds is 3. The molecular weight excluding hydrogens is 506 g/mol. The maximum absolute atomic E-state index is 6.90. The molecule has 1 aromatic heterocycles. The molecule has 8 rings (SSSR count). The Morgan fingerprint density at radius 2 is 1.07 bits per heavy atom. The first kappa shape index (κ1) is 23.1. The first-order valence-electron chi connectivity index (χ1n) is 13.5. The summed E-state index contributed by atoms with van der Waals surface area (Å²) in [5, 5.41) is 8.14. The van der Waals surface area contributed by atoms with Gasteiger partial charge in [0.1, 0.15) is 0 Å². The zero-order valence-electron chi connectivity index (χ0n) is 21.7. The topological polar surface area (TPSA) is 4.93 Å². The summed E-state index contributed by atoms with van der Waals surface area (Å²) in [6, 6.07) is 52.0. The fourth-order valence-electron chi connectivity index (χ4n) is 6.21. The lowest BCUT2D eigenvalue weighted by atomic mass is 9.93. The molecule has 0 amide bonds. The van der Waals surface area contributed by atoms with Crippen molar-refractivity contribution in [3.8, 4) is 27.9 Å². The molecule has 0 atom stereocenters. The maximum atomic E-state index is 6.90.